The zero-order valence-corrected chi connectivity index (χ0v) is 21.2. The van der Waals surface area contributed by atoms with Gasteiger partial charge in [-0.3, -0.25) is 9.59 Å². The fourth-order valence-electron chi connectivity index (χ4n) is 4.67. The van der Waals surface area contributed by atoms with Crippen LogP contribution in [0.3, 0.4) is 0 Å². The summed E-state index contributed by atoms with van der Waals surface area (Å²) in [7, 11) is -3.90. The molecule has 2 N–H and O–H groups in total. The molecule has 0 radical (unpaired) electrons. The van der Waals surface area contributed by atoms with Crippen LogP contribution in [0.25, 0.3) is 0 Å². The highest BCUT2D eigenvalue weighted by Crippen LogP contribution is 2.65. The Bertz CT molecular complexity index is 1060. The molecule has 2 heterocycles. The van der Waals surface area contributed by atoms with Crippen molar-refractivity contribution in [1.82, 2.24) is 14.9 Å². The zero-order chi connectivity index (χ0) is 24.2. The lowest BCUT2D eigenvalue weighted by molar-refractivity contribution is -0.143. The first-order valence-corrected chi connectivity index (χ1v) is 13.1. The Balaban J connectivity index is 1.90. The van der Waals surface area contributed by atoms with Gasteiger partial charge < -0.3 is 10.2 Å². The van der Waals surface area contributed by atoms with Crippen molar-refractivity contribution in [3.8, 4) is 6.07 Å². The Hall–Kier alpha value is -1.96. The number of aryl methyl sites for hydroxylation is 1. The van der Waals surface area contributed by atoms with E-state index in [1.54, 1.807) is 39.1 Å². The first kappa shape index (κ1) is 24.7. The van der Waals surface area contributed by atoms with Gasteiger partial charge in [-0.15, -0.1) is 11.3 Å². The number of likely N-dealkylation sites (tertiary alicyclic amines) is 1. The molecular formula is C22H32N4O4S2. The van der Waals surface area contributed by atoms with Gasteiger partial charge in [0.25, 0.3) is 10.0 Å². The third kappa shape index (κ3) is 4.43. The molecule has 0 bridgehead atoms. The van der Waals surface area contributed by atoms with E-state index in [1.165, 1.54) is 4.90 Å². The van der Waals surface area contributed by atoms with Crippen molar-refractivity contribution in [2.45, 2.75) is 70.8 Å². The van der Waals surface area contributed by atoms with E-state index >= 15 is 0 Å². The van der Waals surface area contributed by atoms with Gasteiger partial charge in [0, 0.05) is 6.54 Å². The summed E-state index contributed by atoms with van der Waals surface area (Å²) in [5.74, 6) is -0.636. The number of nitriles is 1. The highest BCUT2D eigenvalue weighted by Gasteiger charge is 2.69. The van der Waals surface area contributed by atoms with Crippen molar-refractivity contribution in [2.75, 3.05) is 6.54 Å². The molecule has 2 amide bonds. The quantitative estimate of drug-likeness (QED) is 0.647. The topological polar surface area (TPSA) is 119 Å². The van der Waals surface area contributed by atoms with E-state index in [9.17, 15) is 18.0 Å². The van der Waals surface area contributed by atoms with Crippen LogP contribution in [0.2, 0.25) is 0 Å². The molecule has 0 aromatic carbocycles. The van der Waals surface area contributed by atoms with Crippen molar-refractivity contribution < 1.29 is 18.0 Å². The van der Waals surface area contributed by atoms with Crippen molar-refractivity contribution in [1.29, 1.82) is 5.26 Å². The molecular weight excluding hydrogens is 448 g/mol. The number of carbonyl (C=O) groups excluding carboxylic acids is 2. The number of hydrogen-bond acceptors (Lipinski definition) is 6. The molecule has 1 aliphatic carbocycles. The second-order valence-corrected chi connectivity index (χ2v) is 13.5. The highest BCUT2D eigenvalue weighted by atomic mass is 32.2. The minimum atomic E-state index is -3.90. The van der Waals surface area contributed by atoms with E-state index < -0.39 is 39.5 Å². The molecule has 32 heavy (non-hydrogen) atoms. The fourth-order valence-corrected chi connectivity index (χ4v) is 7.31. The monoisotopic (exact) mass is 480 g/mol. The minimum absolute atomic E-state index is 0.0190. The van der Waals surface area contributed by atoms with Crippen LogP contribution < -0.4 is 10.0 Å². The van der Waals surface area contributed by atoms with Crippen LogP contribution in [0.5, 0.6) is 0 Å². The van der Waals surface area contributed by atoms with Crippen LogP contribution in [0, 0.1) is 40.9 Å². The van der Waals surface area contributed by atoms with Crippen molar-refractivity contribution in [3.05, 3.63) is 17.0 Å². The van der Waals surface area contributed by atoms with E-state index in [2.05, 4.69) is 23.9 Å². The average molecular weight is 481 g/mol. The Labute approximate surface area is 194 Å². The molecule has 2 aliphatic rings. The van der Waals surface area contributed by atoms with Crippen molar-refractivity contribution in [2.24, 2.45) is 22.7 Å². The molecule has 1 aromatic heterocycles. The Morgan fingerprint density at radius 1 is 1.34 bits per heavy atom. The molecule has 176 valence electrons. The largest absolute Gasteiger partial charge is 0.339 e. The SMILES string of the molecule is Cc1csc(S(=O)(=O)N[C@H](C(=O)N2CC3[C@@H]([C@H]2C(=O)N[C@@H](C)C#N)C3(C)C)C(C)(C)C)c1. The molecule has 1 aromatic rings. The normalized spacial score (nSPS) is 26.1. The third-order valence-electron chi connectivity index (χ3n) is 6.67. The van der Waals surface area contributed by atoms with Crippen LogP contribution in [0.1, 0.15) is 47.1 Å². The summed E-state index contributed by atoms with van der Waals surface area (Å²) in [4.78, 5) is 28.3. The molecule has 10 heteroatoms. The zero-order valence-electron chi connectivity index (χ0n) is 19.6. The van der Waals surface area contributed by atoms with Crippen LogP contribution in [-0.2, 0) is 19.6 Å². The molecule has 2 fully saturated rings. The van der Waals surface area contributed by atoms with E-state index in [-0.39, 0.29) is 27.4 Å². The van der Waals surface area contributed by atoms with Crippen molar-refractivity contribution >= 4 is 33.2 Å². The van der Waals surface area contributed by atoms with Gasteiger partial charge in [-0.2, -0.15) is 9.98 Å². The first-order chi connectivity index (χ1) is 14.6. The lowest BCUT2D eigenvalue weighted by Gasteiger charge is -2.37. The van der Waals surface area contributed by atoms with Crippen LogP contribution >= 0.6 is 11.3 Å². The number of sulfonamides is 1. The van der Waals surface area contributed by atoms with E-state index in [0.29, 0.717) is 6.54 Å². The molecule has 8 nitrogen and oxygen atoms in total. The van der Waals surface area contributed by atoms with Crippen LogP contribution in [0.4, 0.5) is 0 Å². The summed E-state index contributed by atoms with van der Waals surface area (Å²) < 4.78 is 28.8. The maximum absolute atomic E-state index is 13.7. The maximum atomic E-state index is 13.7. The molecule has 3 rings (SSSR count). The van der Waals surface area contributed by atoms with Gasteiger partial charge in [0.2, 0.25) is 11.8 Å². The summed E-state index contributed by atoms with van der Waals surface area (Å²) in [6.45, 7) is 13.3. The number of carbonyl (C=O) groups is 2. The number of piperidine rings is 1. The lowest BCUT2D eigenvalue weighted by Crippen LogP contribution is -2.59. The molecule has 1 saturated carbocycles. The maximum Gasteiger partial charge on any atom is 0.250 e. The number of fused-ring (bicyclic) bond motifs is 1. The number of hydrogen-bond donors (Lipinski definition) is 2. The molecule has 1 unspecified atom stereocenters. The minimum Gasteiger partial charge on any atom is -0.339 e. The smallest absolute Gasteiger partial charge is 0.250 e. The standard InChI is InChI=1S/C22H32N4O4S2/c1-12-8-15(31-11-12)32(29,30)25-18(21(3,4)5)20(28)26-10-14-16(22(14,6)7)17(26)19(27)24-13(2)9-23/h8,11,13-14,16-18,25H,10H2,1-7H3,(H,24,27)/t13-,14?,16-,17-,18+/m0/s1. The van der Waals surface area contributed by atoms with Crippen LogP contribution in [0.15, 0.2) is 15.7 Å². The summed E-state index contributed by atoms with van der Waals surface area (Å²) >= 11 is 1.10. The van der Waals surface area contributed by atoms with Crippen LogP contribution in [-0.4, -0.2) is 49.8 Å². The Morgan fingerprint density at radius 2 is 1.97 bits per heavy atom. The van der Waals surface area contributed by atoms with Gasteiger partial charge in [-0.05, 0) is 53.5 Å². The third-order valence-corrected chi connectivity index (χ3v) is 9.65. The summed E-state index contributed by atoms with van der Waals surface area (Å²) in [5, 5.41) is 13.5. The Kier molecular flexibility index (Phi) is 6.26. The summed E-state index contributed by atoms with van der Waals surface area (Å²) in [5.41, 5.74) is 0.0267. The average Bonchev–Trinajstić information content (AvgIpc) is 3.07. The van der Waals surface area contributed by atoms with Gasteiger partial charge in [0.1, 0.15) is 22.3 Å². The Morgan fingerprint density at radius 3 is 2.47 bits per heavy atom. The second-order valence-electron chi connectivity index (χ2n) is 10.6. The second kappa shape index (κ2) is 8.12. The van der Waals surface area contributed by atoms with E-state index in [1.807, 2.05) is 13.0 Å². The van der Waals surface area contributed by atoms with E-state index in [0.717, 1.165) is 16.9 Å². The van der Waals surface area contributed by atoms with Gasteiger partial charge >= 0.3 is 0 Å². The predicted octanol–water partition coefficient (Wildman–Crippen LogP) is 2.26. The molecule has 1 aliphatic heterocycles. The van der Waals surface area contributed by atoms with E-state index in [4.69, 9.17) is 5.26 Å². The number of nitrogens with one attached hydrogen (secondary N) is 2. The van der Waals surface area contributed by atoms with Gasteiger partial charge in [0.05, 0.1) is 6.07 Å². The number of thiophene rings is 1. The van der Waals surface area contributed by atoms with Gasteiger partial charge in [0.15, 0.2) is 0 Å². The first-order valence-electron chi connectivity index (χ1n) is 10.7. The molecule has 1 saturated heterocycles. The lowest BCUT2D eigenvalue weighted by atomic mass is 9.86. The summed E-state index contributed by atoms with van der Waals surface area (Å²) in [6, 6.07) is 1.11. The summed E-state index contributed by atoms with van der Waals surface area (Å²) in [6.07, 6.45) is 0. The highest BCUT2D eigenvalue weighted by molar-refractivity contribution is 7.91. The van der Waals surface area contributed by atoms with Gasteiger partial charge in [-0.25, -0.2) is 8.42 Å². The molecule has 0 spiro atoms. The number of amides is 2. The molecule has 5 atom stereocenters. The van der Waals surface area contributed by atoms with Gasteiger partial charge in [-0.1, -0.05) is 34.6 Å². The number of rotatable bonds is 6. The fraction of sp³-hybridized carbons (Fsp3) is 0.682. The number of nitrogens with zero attached hydrogens (tertiary/aromatic N) is 2. The van der Waals surface area contributed by atoms with Crippen molar-refractivity contribution in [3.63, 3.8) is 0 Å². The predicted molar refractivity (Wildman–Crippen MR) is 122 cm³/mol.